The zero-order valence-electron chi connectivity index (χ0n) is 10.6. The van der Waals surface area contributed by atoms with Crippen LogP contribution in [0.4, 0.5) is 0 Å². The minimum atomic E-state index is 0.604. The zero-order chi connectivity index (χ0) is 12.1. The lowest BCUT2D eigenvalue weighted by atomic mass is 9.95. The van der Waals surface area contributed by atoms with E-state index in [2.05, 4.69) is 34.1 Å². The van der Waals surface area contributed by atoms with Gasteiger partial charge in [-0.25, -0.2) is 0 Å². The first-order valence-electron chi connectivity index (χ1n) is 6.43. The summed E-state index contributed by atoms with van der Waals surface area (Å²) in [5, 5.41) is 8.25. The maximum atomic E-state index is 4.97. The predicted molar refractivity (Wildman–Crippen MR) is 70.1 cm³/mol. The summed E-state index contributed by atoms with van der Waals surface area (Å²) in [6.45, 7) is 4.79. The lowest BCUT2D eigenvalue weighted by molar-refractivity contribution is 0.364. The summed E-state index contributed by atoms with van der Waals surface area (Å²) in [6, 6.07) is 0.604. The molecule has 1 aromatic rings. The van der Waals surface area contributed by atoms with Crippen LogP contribution in [0.15, 0.2) is 4.52 Å². The summed E-state index contributed by atoms with van der Waals surface area (Å²) in [4.78, 5) is 4.22. The van der Waals surface area contributed by atoms with Crippen LogP contribution >= 0.6 is 11.8 Å². The average Bonchev–Trinajstić information content (AvgIpc) is 2.74. The largest absolute Gasteiger partial charge is 0.340 e. The molecule has 0 amide bonds. The molecule has 1 aliphatic rings. The van der Waals surface area contributed by atoms with E-state index >= 15 is 0 Å². The van der Waals surface area contributed by atoms with Crippen LogP contribution in [0, 0.1) is 6.92 Å². The first-order chi connectivity index (χ1) is 8.29. The third-order valence-electron chi connectivity index (χ3n) is 3.18. The number of nitrogens with one attached hydrogen (secondary N) is 1. The van der Waals surface area contributed by atoms with Gasteiger partial charge in [-0.1, -0.05) is 24.9 Å². The normalized spacial score (nSPS) is 25.1. The Kier molecular flexibility index (Phi) is 4.86. The zero-order valence-corrected chi connectivity index (χ0v) is 11.4. The van der Waals surface area contributed by atoms with E-state index in [9.17, 15) is 0 Å². The number of aryl methyl sites for hydroxylation is 1. The van der Waals surface area contributed by atoms with Crippen molar-refractivity contribution in [3.63, 3.8) is 0 Å². The van der Waals surface area contributed by atoms with Crippen molar-refractivity contribution in [1.29, 1.82) is 0 Å². The summed E-state index contributed by atoms with van der Waals surface area (Å²) in [6.07, 6.45) is 5.32. The van der Waals surface area contributed by atoms with Gasteiger partial charge < -0.3 is 9.84 Å². The molecule has 1 N–H and O–H groups in total. The van der Waals surface area contributed by atoms with Crippen LogP contribution in [0.5, 0.6) is 0 Å². The third-order valence-corrected chi connectivity index (χ3v) is 4.50. The molecule has 0 bridgehead atoms. The SMILES string of the molecule is CCS[C@H]1CCCC[C@@H]1NCc1noc(C)n1. The van der Waals surface area contributed by atoms with E-state index in [1.807, 2.05) is 6.92 Å². The molecule has 1 fully saturated rings. The van der Waals surface area contributed by atoms with Gasteiger partial charge in [-0.05, 0) is 18.6 Å². The van der Waals surface area contributed by atoms with Crippen molar-refractivity contribution in [2.45, 2.75) is 57.4 Å². The summed E-state index contributed by atoms with van der Waals surface area (Å²) in [7, 11) is 0. The summed E-state index contributed by atoms with van der Waals surface area (Å²) in [5.74, 6) is 2.61. The molecule has 2 rings (SSSR count). The van der Waals surface area contributed by atoms with Crippen molar-refractivity contribution in [1.82, 2.24) is 15.5 Å². The quantitative estimate of drug-likeness (QED) is 0.876. The van der Waals surface area contributed by atoms with Crippen LogP contribution in [0.3, 0.4) is 0 Å². The van der Waals surface area contributed by atoms with Crippen LogP contribution in [-0.2, 0) is 6.54 Å². The molecular formula is C12H21N3OS. The Morgan fingerprint density at radius 1 is 1.41 bits per heavy atom. The van der Waals surface area contributed by atoms with Crippen molar-refractivity contribution >= 4 is 11.8 Å². The van der Waals surface area contributed by atoms with Gasteiger partial charge in [-0.2, -0.15) is 16.7 Å². The fraction of sp³-hybridized carbons (Fsp3) is 0.833. The second-order valence-electron chi connectivity index (χ2n) is 4.50. The van der Waals surface area contributed by atoms with E-state index in [-0.39, 0.29) is 0 Å². The Bertz CT molecular complexity index is 340. The van der Waals surface area contributed by atoms with Crippen LogP contribution in [0.1, 0.15) is 44.3 Å². The second-order valence-corrected chi connectivity index (χ2v) is 6.01. The Morgan fingerprint density at radius 3 is 2.94 bits per heavy atom. The standard InChI is InChI=1S/C12H21N3OS/c1-3-17-11-7-5-4-6-10(11)13-8-12-14-9(2)16-15-12/h10-11,13H,3-8H2,1-2H3/t10-,11-/m0/s1. The van der Waals surface area contributed by atoms with E-state index in [0.717, 1.165) is 17.6 Å². The molecule has 1 heterocycles. The molecule has 0 aliphatic heterocycles. The number of aromatic nitrogens is 2. The van der Waals surface area contributed by atoms with Crippen molar-refractivity contribution < 1.29 is 4.52 Å². The number of nitrogens with zero attached hydrogens (tertiary/aromatic N) is 2. The van der Waals surface area contributed by atoms with E-state index in [0.29, 0.717) is 11.9 Å². The number of hydrogen-bond donors (Lipinski definition) is 1. The minimum absolute atomic E-state index is 0.604. The molecule has 0 unspecified atom stereocenters. The monoisotopic (exact) mass is 255 g/mol. The molecule has 4 nitrogen and oxygen atoms in total. The van der Waals surface area contributed by atoms with Crippen LogP contribution < -0.4 is 5.32 Å². The summed E-state index contributed by atoms with van der Waals surface area (Å²) in [5.41, 5.74) is 0. The highest BCUT2D eigenvalue weighted by molar-refractivity contribution is 7.99. The van der Waals surface area contributed by atoms with E-state index < -0.39 is 0 Å². The molecule has 0 aromatic carbocycles. The predicted octanol–water partition coefficient (Wildman–Crippen LogP) is 2.53. The number of hydrogen-bond acceptors (Lipinski definition) is 5. The molecule has 1 aliphatic carbocycles. The second kappa shape index (κ2) is 6.40. The lowest BCUT2D eigenvalue weighted by Crippen LogP contribution is -2.40. The van der Waals surface area contributed by atoms with Gasteiger partial charge in [0.2, 0.25) is 5.89 Å². The van der Waals surface area contributed by atoms with Gasteiger partial charge in [0.05, 0.1) is 6.54 Å². The van der Waals surface area contributed by atoms with Gasteiger partial charge in [0, 0.05) is 18.2 Å². The third kappa shape index (κ3) is 3.71. The molecule has 1 aromatic heterocycles. The van der Waals surface area contributed by atoms with E-state index in [1.54, 1.807) is 0 Å². The van der Waals surface area contributed by atoms with Crippen molar-refractivity contribution in [3.05, 3.63) is 11.7 Å². The fourth-order valence-corrected chi connectivity index (χ4v) is 3.61. The molecule has 17 heavy (non-hydrogen) atoms. The molecule has 0 radical (unpaired) electrons. The Hall–Kier alpha value is -0.550. The Balaban J connectivity index is 1.83. The van der Waals surface area contributed by atoms with Gasteiger partial charge in [0.15, 0.2) is 5.82 Å². The first-order valence-corrected chi connectivity index (χ1v) is 7.48. The molecular weight excluding hydrogens is 234 g/mol. The maximum absolute atomic E-state index is 4.97. The maximum Gasteiger partial charge on any atom is 0.223 e. The smallest absolute Gasteiger partial charge is 0.223 e. The van der Waals surface area contributed by atoms with Gasteiger partial charge in [-0.15, -0.1) is 0 Å². The Labute approximate surface area is 107 Å². The first kappa shape index (κ1) is 12.9. The van der Waals surface area contributed by atoms with E-state index in [4.69, 9.17) is 4.52 Å². The molecule has 96 valence electrons. The molecule has 1 saturated carbocycles. The van der Waals surface area contributed by atoms with Crippen LogP contribution in [0.25, 0.3) is 0 Å². The minimum Gasteiger partial charge on any atom is -0.340 e. The average molecular weight is 255 g/mol. The molecule has 0 saturated heterocycles. The van der Waals surface area contributed by atoms with Crippen LogP contribution in [-0.4, -0.2) is 27.2 Å². The number of rotatable bonds is 5. The van der Waals surface area contributed by atoms with Crippen molar-refractivity contribution in [3.8, 4) is 0 Å². The fourth-order valence-electron chi connectivity index (χ4n) is 2.38. The van der Waals surface area contributed by atoms with Crippen molar-refractivity contribution in [2.75, 3.05) is 5.75 Å². The Morgan fingerprint density at radius 2 is 2.24 bits per heavy atom. The summed E-state index contributed by atoms with van der Waals surface area (Å²) < 4.78 is 4.97. The summed E-state index contributed by atoms with van der Waals surface area (Å²) >= 11 is 2.07. The van der Waals surface area contributed by atoms with Gasteiger partial charge in [0.25, 0.3) is 0 Å². The topological polar surface area (TPSA) is 51.0 Å². The molecule has 0 spiro atoms. The van der Waals surface area contributed by atoms with E-state index in [1.165, 1.54) is 31.4 Å². The number of thioether (sulfide) groups is 1. The molecule has 2 atom stereocenters. The van der Waals surface area contributed by atoms with Crippen molar-refractivity contribution in [2.24, 2.45) is 0 Å². The highest BCUT2D eigenvalue weighted by Gasteiger charge is 2.24. The van der Waals surface area contributed by atoms with Gasteiger partial charge in [-0.3, -0.25) is 0 Å². The molecule has 5 heteroatoms. The lowest BCUT2D eigenvalue weighted by Gasteiger charge is -2.31. The van der Waals surface area contributed by atoms with Gasteiger partial charge >= 0.3 is 0 Å². The highest BCUT2D eigenvalue weighted by Crippen LogP contribution is 2.28. The highest BCUT2D eigenvalue weighted by atomic mass is 32.2. The van der Waals surface area contributed by atoms with Gasteiger partial charge in [0.1, 0.15) is 0 Å². The van der Waals surface area contributed by atoms with Crippen LogP contribution in [0.2, 0.25) is 0 Å².